The lowest BCUT2D eigenvalue weighted by atomic mass is 9.68. The predicted octanol–water partition coefficient (Wildman–Crippen LogP) is 4.79. The number of phenols is 2. The van der Waals surface area contributed by atoms with Crippen molar-refractivity contribution in [3.05, 3.63) is 59.2 Å². The molecule has 1 fully saturated rings. The van der Waals surface area contributed by atoms with Crippen LogP contribution < -0.4 is 10.6 Å². The number of nitrogens with zero attached hydrogens (tertiary/aromatic N) is 1. The minimum absolute atomic E-state index is 0. The Labute approximate surface area is 234 Å². The lowest BCUT2D eigenvalue weighted by Crippen LogP contribution is -2.56. The number of piperidine rings is 1. The monoisotopic (exact) mass is 551 g/mol. The van der Waals surface area contributed by atoms with E-state index >= 15 is 0 Å². The highest BCUT2D eigenvalue weighted by Gasteiger charge is 2.39. The third kappa shape index (κ3) is 7.11. The maximum Gasteiger partial charge on any atom is 0.237 e. The fraction of sp³-hybridized carbons (Fsp3) is 0.552. The van der Waals surface area contributed by atoms with E-state index in [1.807, 2.05) is 18.2 Å². The van der Waals surface area contributed by atoms with Crippen molar-refractivity contribution in [2.75, 3.05) is 19.6 Å². The van der Waals surface area contributed by atoms with E-state index in [1.165, 1.54) is 5.56 Å². The number of amides is 1. The number of nitrogens with one attached hydrogen (secondary N) is 2. The summed E-state index contributed by atoms with van der Waals surface area (Å²) in [5.74, 6) is 1.46. The van der Waals surface area contributed by atoms with Crippen molar-refractivity contribution in [2.45, 2.75) is 71.0 Å². The molecular formula is C29H43Cl2N3O3. The molecule has 1 amide bonds. The van der Waals surface area contributed by atoms with Gasteiger partial charge in [0.05, 0.1) is 6.04 Å². The first kappa shape index (κ1) is 31.2. The van der Waals surface area contributed by atoms with Crippen LogP contribution in [0.25, 0.3) is 0 Å². The van der Waals surface area contributed by atoms with Gasteiger partial charge in [-0.3, -0.25) is 4.79 Å². The van der Waals surface area contributed by atoms with E-state index in [-0.39, 0.29) is 54.0 Å². The van der Waals surface area contributed by atoms with Crippen LogP contribution in [0.4, 0.5) is 0 Å². The summed E-state index contributed by atoms with van der Waals surface area (Å²) < 4.78 is 0. The second kappa shape index (κ2) is 13.2. The minimum Gasteiger partial charge on any atom is -0.508 e. The molecule has 0 radical (unpaired) electrons. The molecule has 0 aliphatic carbocycles. The molecule has 1 unspecified atom stereocenters. The number of carbonyl (C=O) groups is 1. The molecule has 2 aliphatic heterocycles. The predicted molar refractivity (Wildman–Crippen MR) is 154 cm³/mol. The van der Waals surface area contributed by atoms with Gasteiger partial charge in [0.25, 0.3) is 0 Å². The molecule has 0 spiro atoms. The summed E-state index contributed by atoms with van der Waals surface area (Å²) in [7, 11) is 0. The molecule has 2 aliphatic rings. The first-order valence-corrected chi connectivity index (χ1v) is 13.1. The topological polar surface area (TPSA) is 84.8 Å². The maximum absolute atomic E-state index is 13.3. The van der Waals surface area contributed by atoms with Gasteiger partial charge in [0.1, 0.15) is 11.5 Å². The Bertz CT molecular complexity index is 1050. The summed E-state index contributed by atoms with van der Waals surface area (Å²) in [5, 5.41) is 26.5. The zero-order valence-electron chi connectivity index (χ0n) is 22.4. The highest BCUT2D eigenvalue weighted by Crippen LogP contribution is 2.40. The van der Waals surface area contributed by atoms with Gasteiger partial charge in [0, 0.05) is 25.7 Å². The highest BCUT2D eigenvalue weighted by molar-refractivity contribution is 5.85. The van der Waals surface area contributed by atoms with Crippen LogP contribution in [0, 0.1) is 11.8 Å². The Balaban J connectivity index is 0.00000241. The molecule has 37 heavy (non-hydrogen) atoms. The molecule has 5 atom stereocenters. The van der Waals surface area contributed by atoms with Crippen molar-refractivity contribution in [3.8, 4) is 11.5 Å². The van der Waals surface area contributed by atoms with E-state index in [4.69, 9.17) is 0 Å². The van der Waals surface area contributed by atoms with Gasteiger partial charge in [-0.15, -0.1) is 24.8 Å². The number of benzene rings is 2. The van der Waals surface area contributed by atoms with E-state index in [0.29, 0.717) is 30.6 Å². The van der Waals surface area contributed by atoms with Crippen LogP contribution in [0.5, 0.6) is 11.5 Å². The van der Waals surface area contributed by atoms with Crippen molar-refractivity contribution in [3.63, 3.8) is 0 Å². The summed E-state index contributed by atoms with van der Waals surface area (Å²) in [4.78, 5) is 15.8. The SMILES string of the molecule is CCC(C)[C@@H](CN1CC[C@@](C)(c2cccc(O)c2)[C@@H](C)C1)NC(=O)[C@H]1Cc2ccc(O)cc2CN1.Cl.Cl. The van der Waals surface area contributed by atoms with Crippen molar-refractivity contribution < 1.29 is 15.0 Å². The van der Waals surface area contributed by atoms with Gasteiger partial charge in [0.2, 0.25) is 5.91 Å². The fourth-order valence-electron chi connectivity index (χ4n) is 5.67. The second-order valence-electron chi connectivity index (χ2n) is 11.0. The quantitative estimate of drug-likeness (QED) is 0.397. The minimum atomic E-state index is -0.257. The summed E-state index contributed by atoms with van der Waals surface area (Å²) in [5.41, 5.74) is 3.41. The number of halogens is 2. The molecule has 2 aromatic carbocycles. The molecule has 0 saturated carbocycles. The third-order valence-corrected chi connectivity index (χ3v) is 8.66. The summed E-state index contributed by atoms with van der Waals surface area (Å²) in [6.07, 6.45) is 2.67. The first-order valence-electron chi connectivity index (χ1n) is 13.1. The van der Waals surface area contributed by atoms with E-state index < -0.39 is 0 Å². The van der Waals surface area contributed by atoms with E-state index in [0.717, 1.165) is 43.6 Å². The number of likely N-dealkylation sites (tertiary alicyclic amines) is 1. The standard InChI is InChI=1S/C29H41N3O3.2ClH/c1-5-19(2)27(31-28(35)26-14-21-9-10-25(34)13-22(21)16-30-26)18-32-12-11-29(4,20(3)17-32)23-7-6-8-24(33)15-23;;/h6-10,13,15,19-20,26-27,30,33-34H,5,11-12,14,16-18H2,1-4H3,(H,31,35);2*1H/t19?,20-,26+,27+,29+;;/m0../s1. The fourth-order valence-corrected chi connectivity index (χ4v) is 5.67. The van der Waals surface area contributed by atoms with Crippen LogP contribution in [-0.4, -0.2) is 52.7 Å². The Morgan fingerprint density at radius 2 is 1.89 bits per heavy atom. The molecular weight excluding hydrogens is 509 g/mol. The van der Waals surface area contributed by atoms with Crippen molar-refractivity contribution in [1.82, 2.24) is 15.5 Å². The van der Waals surface area contributed by atoms with Crippen molar-refractivity contribution in [1.29, 1.82) is 0 Å². The van der Waals surface area contributed by atoms with Gasteiger partial charge in [-0.1, -0.05) is 52.3 Å². The zero-order valence-corrected chi connectivity index (χ0v) is 24.0. The first-order chi connectivity index (χ1) is 16.7. The molecule has 4 rings (SSSR count). The number of aromatic hydroxyl groups is 2. The molecule has 1 saturated heterocycles. The van der Waals surface area contributed by atoms with Gasteiger partial charge in [0.15, 0.2) is 0 Å². The van der Waals surface area contributed by atoms with Crippen molar-refractivity contribution >= 4 is 30.7 Å². The second-order valence-corrected chi connectivity index (χ2v) is 11.0. The normalized spacial score (nSPS) is 25.1. The van der Waals surface area contributed by atoms with Crippen LogP contribution in [0.15, 0.2) is 42.5 Å². The molecule has 8 heteroatoms. The van der Waals surface area contributed by atoms with Gasteiger partial charge < -0.3 is 25.7 Å². The number of phenolic OH excluding ortho intramolecular Hbond substituents is 2. The Kier molecular flexibility index (Phi) is 11.1. The molecule has 4 N–H and O–H groups in total. The Morgan fingerprint density at radius 3 is 2.57 bits per heavy atom. The summed E-state index contributed by atoms with van der Waals surface area (Å²) in [6.45, 7) is 12.4. The van der Waals surface area contributed by atoms with Crippen LogP contribution >= 0.6 is 24.8 Å². The largest absolute Gasteiger partial charge is 0.508 e. The molecule has 0 aromatic heterocycles. The van der Waals surface area contributed by atoms with Crippen LogP contribution in [0.3, 0.4) is 0 Å². The zero-order chi connectivity index (χ0) is 25.2. The average Bonchev–Trinajstić information content (AvgIpc) is 2.85. The summed E-state index contributed by atoms with van der Waals surface area (Å²) >= 11 is 0. The number of carbonyl (C=O) groups excluding carboxylic acids is 1. The smallest absolute Gasteiger partial charge is 0.237 e. The van der Waals surface area contributed by atoms with Gasteiger partial charge in [-0.2, -0.15) is 0 Å². The highest BCUT2D eigenvalue weighted by atomic mass is 35.5. The van der Waals surface area contributed by atoms with Gasteiger partial charge in [-0.05, 0) is 77.6 Å². The van der Waals surface area contributed by atoms with Crippen LogP contribution in [0.1, 0.15) is 57.2 Å². The molecule has 2 aromatic rings. The van der Waals surface area contributed by atoms with Gasteiger partial charge >= 0.3 is 0 Å². The van der Waals surface area contributed by atoms with Crippen LogP contribution in [-0.2, 0) is 23.2 Å². The molecule has 206 valence electrons. The molecule has 2 heterocycles. The van der Waals surface area contributed by atoms with Gasteiger partial charge in [-0.25, -0.2) is 0 Å². The van der Waals surface area contributed by atoms with E-state index in [2.05, 4.69) is 49.3 Å². The number of hydrogen-bond donors (Lipinski definition) is 4. The molecule has 0 bridgehead atoms. The third-order valence-electron chi connectivity index (χ3n) is 8.66. The number of rotatable bonds is 7. The lowest BCUT2D eigenvalue weighted by Gasteiger charge is -2.46. The molecule has 6 nitrogen and oxygen atoms in total. The summed E-state index contributed by atoms with van der Waals surface area (Å²) in [6, 6.07) is 12.9. The average molecular weight is 553 g/mol. The van der Waals surface area contributed by atoms with Crippen LogP contribution in [0.2, 0.25) is 0 Å². The number of hydrogen-bond acceptors (Lipinski definition) is 5. The lowest BCUT2D eigenvalue weighted by molar-refractivity contribution is -0.124. The van der Waals surface area contributed by atoms with E-state index in [1.54, 1.807) is 18.2 Å². The number of fused-ring (bicyclic) bond motifs is 1. The maximum atomic E-state index is 13.3. The Morgan fingerprint density at radius 1 is 1.16 bits per heavy atom. The Hall–Kier alpha value is -1.99. The van der Waals surface area contributed by atoms with E-state index in [9.17, 15) is 15.0 Å². The van der Waals surface area contributed by atoms with Crippen molar-refractivity contribution in [2.24, 2.45) is 11.8 Å².